The molecule has 2 aromatic heterocycles. The maximum Gasteiger partial charge on any atom is 0.326 e. The summed E-state index contributed by atoms with van der Waals surface area (Å²) in [6.45, 7) is 2.07. The van der Waals surface area contributed by atoms with Crippen molar-refractivity contribution >= 4 is 39.2 Å². The Labute approximate surface area is 156 Å². The first-order valence-corrected chi connectivity index (χ1v) is 9.03. The first kappa shape index (κ1) is 15.8. The normalized spacial score (nSPS) is 15.9. The van der Waals surface area contributed by atoms with E-state index in [4.69, 9.17) is 0 Å². The molecule has 2 amide bonds. The van der Waals surface area contributed by atoms with Gasteiger partial charge in [0.2, 0.25) is 0 Å². The SMILES string of the molecule is C[C@@H]1Cc2ccccc2N1C(=O)Nc1cc2ncccc2c2cccnc12. The number of urea groups is 1. The number of nitrogens with one attached hydrogen (secondary N) is 1. The smallest absolute Gasteiger partial charge is 0.305 e. The van der Waals surface area contributed by atoms with Gasteiger partial charge in [0, 0.05) is 34.9 Å². The Morgan fingerprint density at radius 3 is 2.70 bits per heavy atom. The fourth-order valence-electron chi connectivity index (χ4n) is 3.95. The topological polar surface area (TPSA) is 58.1 Å². The zero-order chi connectivity index (χ0) is 18.4. The highest BCUT2D eigenvalue weighted by atomic mass is 16.2. The molecule has 27 heavy (non-hydrogen) atoms. The number of fused-ring (bicyclic) bond motifs is 4. The van der Waals surface area contributed by atoms with Crippen molar-refractivity contribution in [3.8, 4) is 0 Å². The van der Waals surface area contributed by atoms with Crippen molar-refractivity contribution in [1.82, 2.24) is 9.97 Å². The van der Waals surface area contributed by atoms with Gasteiger partial charge in [-0.1, -0.05) is 30.3 Å². The predicted molar refractivity (Wildman–Crippen MR) is 108 cm³/mol. The minimum absolute atomic E-state index is 0.111. The molecule has 0 radical (unpaired) electrons. The number of nitrogens with zero attached hydrogens (tertiary/aromatic N) is 3. The molecule has 0 unspecified atom stereocenters. The number of anilines is 2. The second kappa shape index (κ2) is 6.06. The quantitative estimate of drug-likeness (QED) is 0.501. The highest BCUT2D eigenvalue weighted by Crippen LogP contribution is 2.34. The molecule has 5 rings (SSSR count). The molecular weight excluding hydrogens is 336 g/mol. The summed E-state index contributed by atoms with van der Waals surface area (Å²) in [6, 6.07) is 17.8. The molecule has 1 aliphatic heterocycles. The Morgan fingerprint density at radius 2 is 1.81 bits per heavy atom. The van der Waals surface area contributed by atoms with Gasteiger partial charge in [-0.2, -0.15) is 0 Å². The summed E-state index contributed by atoms with van der Waals surface area (Å²) >= 11 is 0. The molecule has 1 atom stereocenters. The van der Waals surface area contributed by atoms with E-state index >= 15 is 0 Å². The van der Waals surface area contributed by atoms with Crippen LogP contribution >= 0.6 is 0 Å². The van der Waals surface area contributed by atoms with Gasteiger partial charge < -0.3 is 5.32 Å². The molecule has 4 aromatic rings. The molecule has 0 aliphatic carbocycles. The lowest BCUT2D eigenvalue weighted by atomic mass is 10.1. The van der Waals surface area contributed by atoms with E-state index in [-0.39, 0.29) is 12.1 Å². The van der Waals surface area contributed by atoms with Crippen LogP contribution in [0.1, 0.15) is 12.5 Å². The Morgan fingerprint density at radius 1 is 1.04 bits per heavy atom. The molecule has 0 fully saturated rings. The van der Waals surface area contributed by atoms with Crippen molar-refractivity contribution in [2.45, 2.75) is 19.4 Å². The number of aromatic nitrogens is 2. The van der Waals surface area contributed by atoms with E-state index in [1.165, 1.54) is 5.56 Å². The van der Waals surface area contributed by atoms with E-state index in [0.717, 1.165) is 33.9 Å². The van der Waals surface area contributed by atoms with Crippen molar-refractivity contribution < 1.29 is 4.79 Å². The van der Waals surface area contributed by atoms with Gasteiger partial charge in [0.25, 0.3) is 0 Å². The molecule has 0 spiro atoms. The number of para-hydroxylation sites is 1. The van der Waals surface area contributed by atoms with Crippen LogP contribution in [0, 0.1) is 0 Å². The van der Waals surface area contributed by atoms with Gasteiger partial charge in [0.15, 0.2) is 0 Å². The summed E-state index contributed by atoms with van der Waals surface area (Å²) < 4.78 is 0. The van der Waals surface area contributed by atoms with Gasteiger partial charge in [0.1, 0.15) is 0 Å². The minimum Gasteiger partial charge on any atom is -0.305 e. The summed E-state index contributed by atoms with van der Waals surface area (Å²) in [5, 5.41) is 5.08. The van der Waals surface area contributed by atoms with Crippen LogP contribution in [0.3, 0.4) is 0 Å². The number of carbonyl (C=O) groups excluding carboxylic acids is 1. The second-order valence-corrected chi connectivity index (χ2v) is 6.88. The van der Waals surface area contributed by atoms with Crippen LogP contribution in [0.25, 0.3) is 21.8 Å². The van der Waals surface area contributed by atoms with Gasteiger partial charge in [-0.05, 0) is 43.2 Å². The maximum absolute atomic E-state index is 13.1. The van der Waals surface area contributed by atoms with E-state index in [2.05, 4.69) is 28.3 Å². The van der Waals surface area contributed by atoms with Crippen LogP contribution in [-0.2, 0) is 6.42 Å². The van der Waals surface area contributed by atoms with Crippen molar-refractivity contribution in [2.75, 3.05) is 10.2 Å². The van der Waals surface area contributed by atoms with E-state index in [0.29, 0.717) is 5.69 Å². The zero-order valence-corrected chi connectivity index (χ0v) is 14.9. The molecule has 3 heterocycles. The summed E-state index contributed by atoms with van der Waals surface area (Å²) in [5.74, 6) is 0. The van der Waals surface area contributed by atoms with Crippen LogP contribution in [0.4, 0.5) is 16.2 Å². The van der Waals surface area contributed by atoms with E-state index in [9.17, 15) is 4.79 Å². The summed E-state index contributed by atoms with van der Waals surface area (Å²) in [6.07, 6.45) is 4.37. The van der Waals surface area contributed by atoms with Crippen LogP contribution in [0.2, 0.25) is 0 Å². The third-order valence-electron chi connectivity index (χ3n) is 5.14. The molecule has 0 bridgehead atoms. The van der Waals surface area contributed by atoms with Gasteiger partial charge in [-0.3, -0.25) is 14.9 Å². The fourth-order valence-corrected chi connectivity index (χ4v) is 3.95. The van der Waals surface area contributed by atoms with Gasteiger partial charge in [0.05, 0.1) is 16.7 Å². The van der Waals surface area contributed by atoms with Gasteiger partial charge in [-0.15, -0.1) is 0 Å². The molecule has 132 valence electrons. The van der Waals surface area contributed by atoms with Crippen LogP contribution in [0.15, 0.2) is 67.0 Å². The molecular formula is C22H18N4O. The lowest BCUT2D eigenvalue weighted by molar-refractivity contribution is 0.256. The number of rotatable bonds is 1. The number of hydrogen-bond donors (Lipinski definition) is 1. The van der Waals surface area contributed by atoms with Crippen LogP contribution in [0.5, 0.6) is 0 Å². The average molecular weight is 354 g/mol. The first-order valence-electron chi connectivity index (χ1n) is 9.03. The number of hydrogen-bond acceptors (Lipinski definition) is 3. The predicted octanol–water partition coefficient (Wildman–Crippen LogP) is 4.77. The third kappa shape index (κ3) is 2.51. The average Bonchev–Trinajstić information content (AvgIpc) is 3.04. The van der Waals surface area contributed by atoms with E-state index in [1.807, 2.05) is 53.4 Å². The monoisotopic (exact) mass is 354 g/mol. The molecule has 1 N–H and O–H groups in total. The molecule has 0 saturated heterocycles. The van der Waals surface area contributed by atoms with E-state index < -0.39 is 0 Å². The van der Waals surface area contributed by atoms with Crippen LogP contribution < -0.4 is 10.2 Å². The standard InChI is InChI=1S/C22H18N4O/c1-14-12-15-6-2-3-9-20(15)26(14)22(27)25-19-13-18-16(7-4-10-23-18)17-8-5-11-24-21(17)19/h2-11,13-14H,12H2,1H3,(H,25,27)/t14-/m1/s1. The second-order valence-electron chi connectivity index (χ2n) is 6.88. The first-order chi connectivity index (χ1) is 13.2. The molecule has 2 aromatic carbocycles. The van der Waals surface area contributed by atoms with Crippen molar-refractivity contribution in [2.24, 2.45) is 0 Å². The maximum atomic E-state index is 13.1. The molecule has 5 nitrogen and oxygen atoms in total. The molecule has 5 heteroatoms. The zero-order valence-electron chi connectivity index (χ0n) is 14.9. The summed E-state index contributed by atoms with van der Waals surface area (Å²) in [7, 11) is 0. The van der Waals surface area contributed by atoms with Gasteiger partial charge in [-0.25, -0.2) is 4.79 Å². The molecule has 0 saturated carbocycles. The summed E-state index contributed by atoms with van der Waals surface area (Å²) in [5.41, 5.74) is 4.45. The number of benzene rings is 2. The third-order valence-corrected chi connectivity index (χ3v) is 5.14. The van der Waals surface area contributed by atoms with E-state index in [1.54, 1.807) is 12.4 Å². The number of carbonyl (C=O) groups is 1. The lowest BCUT2D eigenvalue weighted by Crippen LogP contribution is -2.39. The van der Waals surface area contributed by atoms with Crippen molar-refractivity contribution in [1.29, 1.82) is 0 Å². The number of pyridine rings is 2. The number of amides is 2. The Balaban J connectivity index is 1.59. The van der Waals surface area contributed by atoms with Crippen molar-refractivity contribution in [3.05, 3.63) is 72.6 Å². The highest BCUT2D eigenvalue weighted by Gasteiger charge is 2.31. The fraction of sp³-hybridized carbons (Fsp3) is 0.136. The Hall–Kier alpha value is -3.47. The van der Waals surface area contributed by atoms with Gasteiger partial charge >= 0.3 is 6.03 Å². The summed E-state index contributed by atoms with van der Waals surface area (Å²) in [4.78, 5) is 23.9. The lowest BCUT2D eigenvalue weighted by Gasteiger charge is -2.23. The Bertz CT molecular complexity index is 1190. The van der Waals surface area contributed by atoms with Crippen molar-refractivity contribution in [3.63, 3.8) is 0 Å². The molecule has 1 aliphatic rings. The largest absolute Gasteiger partial charge is 0.326 e. The van der Waals surface area contributed by atoms with Crippen LogP contribution in [-0.4, -0.2) is 22.0 Å². The minimum atomic E-state index is -0.144. The Kier molecular flexibility index (Phi) is 3.53. The highest BCUT2D eigenvalue weighted by molar-refractivity contribution is 6.14.